The van der Waals surface area contributed by atoms with Crippen molar-refractivity contribution in [3.63, 3.8) is 0 Å². The molecule has 0 aromatic heterocycles. The number of thioether (sulfide) groups is 1. The van der Waals surface area contributed by atoms with Crippen molar-refractivity contribution in [2.24, 2.45) is 4.99 Å². The van der Waals surface area contributed by atoms with Gasteiger partial charge in [-0.15, -0.1) is 11.8 Å². The molecule has 1 saturated heterocycles. The van der Waals surface area contributed by atoms with Gasteiger partial charge in [-0.1, -0.05) is 0 Å². The zero-order chi connectivity index (χ0) is 12.9. The van der Waals surface area contributed by atoms with E-state index in [-0.39, 0.29) is 5.70 Å². The highest BCUT2D eigenvalue weighted by molar-refractivity contribution is 8.11. The third kappa shape index (κ3) is 4.14. The molecule has 1 heterocycles. The Morgan fingerprint density at radius 1 is 1.47 bits per heavy atom. The highest BCUT2D eigenvalue weighted by atomic mass is 32.2. The second-order valence-corrected chi connectivity index (χ2v) is 4.57. The second kappa shape index (κ2) is 6.18. The molecule has 1 aliphatic rings. The molecule has 17 heavy (non-hydrogen) atoms. The van der Waals surface area contributed by atoms with Gasteiger partial charge in [0, 0.05) is 5.57 Å². The number of nitrogens with zero attached hydrogens (tertiary/aromatic N) is 1. The summed E-state index contributed by atoms with van der Waals surface area (Å²) in [7, 11) is 1.33. The first-order chi connectivity index (χ1) is 8.00. The number of hydrogen-bond donors (Lipinski definition) is 0. The van der Waals surface area contributed by atoms with E-state index in [2.05, 4.69) is 9.73 Å². The predicted molar refractivity (Wildman–Crippen MR) is 67.0 cm³/mol. The largest absolute Gasteiger partial charge is 0.464 e. The third-order valence-corrected chi connectivity index (χ3v) is 2.51. The maximum Gasteiger partial charge on any atom is 0.356 e. The van der Waals surface area contributed by atoms with Gasteiger partial charge in [0.2, 0.25) is 0 Å². The van der Waals surface area contributed by atoms with Crippen LogP contribution >= 0.6 is 11.8 Å². The van der Waals surface area contributed by atoms with Crippen molar-refractivity contribution in [2.75, 3.05) is 26.6 Å². The van der Waals surface area contributed by atoms with Gasteiger partial charge in [-0.2, -0.15) is 0 Å². The van der Waals surface area contributed by atoms with Crippen molar-refractivity contribution in [1.29, 1.82) is 0 Å². The highest BCUT2D eigenvalue weighted by Crippen LogP contribution is 2.23. The van der Waals surface area contributed by atoms with Crippen molar-refractivity contribution in [2.45, 2.75) is 19.6 Å². The van der Waals surface area contributed by atoms with E-state index in [9.17, 15) is 4.79 Å². The maximum atomic E-state index is 11.6. The monoisotopic (exact) mass is 259 g/mol. The molecule has 0 aliphatic carbocycles. The summed E-state index contributed by atoms with van der Waals surface area (Å²) in [6.07, 6.45) is 1.86. The molecule has 0 amide bonds. The molecule has 0 unspecified atom stereocenters. The van der Waals surface area contributed by atoms with Gasteiger partial charge in [-0.05, 0) is 20.1 Å². The molecule has 0 saturated carbocycles. The van der Waals surface area contributed by atoms with Gasteiger partial charge in [-0.3, -0.25) is 0 Å². The first-order valence-electron chi connectivity index (χ1n) is 5.13. The minimum atomic E-state index is -0.617. The fraction of sp³-hybridized carbons (Fsp3) is 0.636. The standard InChI is InChI=1S/C11H17NO4S/c1-11(2)15-5-8(6-16-11)9(10(13)14-3)12-7-17-4/h7H,5-6H2,1-4H3. The fourth-order valence-electron chi connectivity index (χ4n) is 1.23. The smallest absolute Gasteiger partial charge is 0.356 e. The van der Waals surface area contributed by atoms with E-state index in [4.69, 9.17) is 9.47 Å². The lowest BCUT2D eigenvalue weighted by Crippen LogP contribution is -2.36. The Labute approximate surface area is 105 Å². The van der Waals surface area contributed by atoms with Crippen LogP contribution in [0, 0.1) is 0 Å². The highest BCUT2D eigenvalue weighted by Gasteiger charge is 2.28. The molecule has 0 aromatic carbocycles. The van der Waals surface area contributed by atoms with Gasteiger partial charge in [0.05, 0.1) is 25.9 Å². The van der Waals surface area contributed by atoms with Crippen LogP contribution in [0.1, 0.15) is 13.8 Å². The molecule has 0 bridgehead atoms. The SMILES string of the molecule is COC(=O)C(N=CSC)=C1COC(C)(C)OC1. The first-order valence-corrected chi connectivity index (χ1v) is 6.42. The molecule has 0 atom stereocenters. The molecule has 5 nitrogen and oxygen atoms in total. The molecule has 6 heteroatoms. The van der Waals surface area contributed by atoms with Crippen molar-refractivity contribution in [3.05, 3.63) is 11.3 Å². The van der Waals surface area contributed by atoms with Crippen LogP contribution in [0.15, 0.2) is 16.3 Å². The Hall–Kier alpha value is -0.850. The Balaban J connectivity index is 2.88. The van der Waals surface area contributed by atoms with Crippen molar-refractivity contribution in [1.82, 2.24) is 0 Å². The van der Waals surface area contributed by atoms with E-state index in [1.54, 1.807) is 5.55 Å². The topological polar surface area (TPSA) is 57.1 Å². The van der Waals surface area contributed by atoms with E-state index >= 15 is 0 Å². The van der Waals surface area contributed by atoms with Crippen LogP contribution < -0.4 is 0 Å². The number of esters is 1. The number of ether oxygens (including phenoxy) is 3. The van der Waals surface area contributed by atoms with Gasteiger partial charge in [0.1, 0.15) is 0 Å². The van der Waals surface area contributed by atoms with Gasteiger partial charge < -0.3 is 14.2 Å². The van der Waals surface area contributed by atoms with Crippen LogP contribution in [0.25, 0.3) is 0 Å². The molecule has 0 radical (unpaired) electrons. The summed E-state index contributed by atoms with van der Waals surface area (Å²) in [6, 6.07) is 0. The normalized spacial score (nSPS) is 19.4. The van der Waals surface area contributed by atoms with Gasteiger partial charge in [-0.25, -0.2) is 9.79 Å². The van der Waals surface area contributed by atoms with E-state index < -0.39 is 11.8 Å². The van der Waals surface area contributed by atoms with Crippen molar-refractivity contribution in [3.8, 4) is 0 Å². The van der Waals surface area contributed by atoms with Crippen molar-refractivity contribution >= 4 is 23.3 Å². The molecule has 0 aromatic rings. The average Bonchev–Trinajstić information content (AvgIpc) is 2.30. The lowest BCUT2D eigenvalue weighted by Gasteiger charge is -2.31. The molecule has 0 spiro atoms. The second-order valence-electron chi connectivity index (χ2n) is 3.89. The number of aliphatic imine (C=N–C) groups is 1. The molecule has 0 N–H and O–H groups in total. The molecule has 1 fully saturated rings. The predicted octanol–water partition coefficient (Wildman–Crippen LogP) is 1.59. The quantitative estimate of drug-likeness (QED) is 0.333. The van der Waals surface area contributed by atoms with E-state index in [1.807, 2.05) is 20.1 Å². The number of carbonyl (C=O) groups excluding carboxylic acids is 1. The molecule has 1 rings (SSSR count). The Morgan fingerprint density at radius 3 is 2.53 bits per heavy atom. The first kappa shape index (κ1) is 14.2. The summed E-state index contributed by atoms with van der Waals surface area (Å²) < 4.78 is 15.6. The van der Waals surface area contributed by atoms with Crippen LogP contribution in [0.5, 0.6) is 0 Å². The fourth-order valence-corrected chi connectivity index (χ4v) is 1.44. The lowest BCUT2D eigenvalue weighted by atomic mass is 10.2. The molecule has 96 valence electrons. The van der Waals surface area contributed by atoms with Gasteiger partial charge >= 0.3 is 5.97 Å². The Kier molecular flexibility index (Phi) is 5.17. The van der Waals surface area contributed by atoms with Crippen LogP contribution in [0.4, 0.5) is 0 Å². The number of carbonyl (C=O) groups is 1. The van der Waals surface area contributed by atoms with E-state index in [0.717, 1.165) is 0 Å². The lowest BCUT2D eigenvalue weighted by molar-refractivity contribution is -0.226. The zero-order valence-corrected chi connectivity index (χ0v) is 11.3. The van der Waals surface area contributed by atoms with Crippen LogP contribution in [0.2, 0.25) is 0 Å². The summed E-state index contributed by atoms with van der Waals surface area (Å²) in [5.41, 5.74) is 2.54. The summed E-state index contributed by atoms with van der Waals surface area (Å²) in [4.78, 5) is 15.6. The molecular weight excluding hydrogens is 242 g/mol. The van der Waals surface area contributed by atoms with Gasteiger partial charge in [0.25, 0.3) is 0 Å². The van der Waals surface area contributed by atoms with Gasteiger partial charge in [0.15, 0.2) is 11.5 Å². The Morgan fingerprint density at radius 2 is 2.06 bits per heavy atom. The van der Waals surface area contributed by atoms with Crippen LogP contribution in [-0.2, 0) is 19.0 Å². The average molecular weight is 259 g/mol. The van der Waals surface area contributed by atoms with Crippen LogP contribution in [-0.4, -0.2) is 43.9 Å². The van der Waals surface area contributed by atoms with E-state index in [1.165, 1.54) is 18.9 Å². The van der Waals surface area contributed by atoms with Crippen molar-refractivity contribution < 1.29 is 19.0 Å². The summed E-state index contributed by atoms with van der Waals surface area (Å²) in [5, 5.41) is 0. The number of hydrogen-bond acceptors (Lipinski definition) is 6. The number of methoxy groups -OCH3 is 1. The third-order valence-electron chi connectivity index (χ3n) is 2.19. The maximum absolute atomic E-state index is 11.6. The summed E-state index contributed by atoms with van der Waals surface area (Å²) in [5.74, 6) is -1.09. The minimum absolute atomic E-state index is 0.261. The number of rotatable bonds is 3. The van der Waals surface area contributed by atoms with Crippen LogP contribution in [0.3, 0.4) is 0 Å². The zero-order valence-electron chi connectivity index (χ0n) is 10.5. The summed E-state index contributed by atoms with van der Waals surface area (Å²) in [6.45, 7) is 4.30. The summed E-state index contributed by atoms with van der Waals surface area (Å²) >= 11 is 1.41. The Bertz CT molecular complexity index is 337. The minimum Gasteiger partial charge on any atom is -0.464 e. The molecule has 1 aliphatic heterocycles. The molecular formula is C11H17NO4S. The van der Waals surface area contributed by atoms with E-state index in [0.29, 0.717) is 18.8 Å².